The molecule has 32 heavy (non-hydrogen) atoms. The van der Waals surface area contributed by atoms with Crippen LogP contribution in [0.4, 0.5) is 20.6 Å². The second kappa shape index (κ2) is 9.12. The van der Waals surface area contributed by atoms with E-state index in [0.29, 0.717) is 44.9 Å². The number of hydrogen-bond donors (Lipinski definition) is 3. The number of halogens is 1. The molecule has 158 valence electrons. The van der Waals surface area contributed by atoms with Gasteiger partial charge in [-0.1, -0.05) is 0 Å². The fourth-order valence-electron chi connectivity index (χ4n) is 3.09. The number of amides is 2. The lowest BCUT2D eigenvalue weighted by Crippen LogP contribution is -2.19. The summed E-state index contributed by atoms with van der Waals surface area (Å²) >= 11 is 0. The van der Waals surface area contributed by atoms with Gasteiger partial charge in [-0.05, 0) is 72.3 Å². The maximum absolute atomic E-state index is 13.0. The van der Waals surface area contributed by atoms with Gasteiger partial charge in [-0.25, -0.2) is 9.18 Å². The van der Waals surface area contributed by atoms with E-state index < -0.39 is 6.03 Å². The van der Waals surface area contributed by atoms with Crippen molar-refractivity contribution in [2.24, 2.45) is 0 Å². The van der Waals surface area contributed by atoms with Crippen LogP contribution in [-0.4, -0.2) is 16.1 Å². The van der Waals surface area contributed by atoms with Crippen molar-refractivity contribution in [2.45, 2.75) is 6.61 Å². The highest BCUT2D eigenvalue weighted by Gasteiger charge is 2.10. The summed E-state index contributed by atoms with van der Waals surface area (Å²) in [6, 6.07) is 18.8. The highest BCUT2D eigenvalue weighted by Crippen LogP contribution is 2.31. The van der Waals surface area contributed by atoms with Crippen molar-refractivity contribution in [3.05, 3.63) is 89.9 Å². The van der Waals surface area contributed by atoms with Crippen molar-refractivity contribution in [1.29, 1.82) is 5.26 Å². The molecule has 0 fully saturated rings. The van der Waals surface area contributed by atoms with Crippen LogP contribution in [0.25, 0.3) is 10.9 Å². The zero-order valence-electron chi connectivity index (χ0n) is 16.7. The minimum atomic E-state index is -0.464. The number of ether oxygens (including phenoxy) is 1. The Morgan fingerprint density at radius 1 is 1.03 bits per heavy atom. The summed E-state index contributed by atoms with van der Waals surface area (Å²) in [5.41, 5.74) is 2.45. The van der Waals surface area contributed by atoms with Gasteiger partial charge in [0.2, 0.25) is 0 Å². The second-order valence-corrected chi connectivity index (χ2v) is 6.82. The van der Waals surface area contributed by atoms with Gasteiger partial charge in [0.15, 0.2) is 0 Å². The molecule has 7 nitrogen and oxygen atoms in total. The summed E-state index contributed by atoms with van der Waals surface area (Å²) in [7, 11) is 0. The lowest BCUT2D eigenvalue weighted by molar-refractivity contribution is 0.262. The third-order valence-electron chi connectivity index (χ3n) is 4.66. The number of urea groups is 1. The Balaban J connectivity index is 1.48. The van der Waals surface area contributed by atoms with Crippen LogP contribution in [0.3, 0.4) is 0 Å². The molecule has 0 aliphatic rings. The molecule has 4 rings (SSSR count). The average Bonchev–Trinajstić information content (AvgIpc) is 2.81. The molecule has 0 aliphatic carbocycles. The van der Waals surface area contributed by atoms with E-state index in [9.17, 15) is 19.6 Å². The fraction of sp³-hybridized carbons (Fsp3) is 0.0417. The maximum atomic E-state index is 13.0. The normalized spacial score (nSPS) is 10.4. The predicted molar refractivity (Wildman–Crippen MR) is 118 cm³/mol. The highest BCUT2D eigenvalue weighted by atomic mass is 19.1. The van der Waals surface area contributed by atoms with Crippen LogP contribution in [0.2, 0.25) is 0 Å². The van der Waals surface area contributed by atoms with Crippen LogP contribution in [-0.2, 0) is 6.61 Å². The number of nitrogens with one attached hydrogen (secondary N) is 2. The molecule has 0 bridgehead atoms. The molecule has 2 amide bonds. The molecule has 0 saturated heterocycles. The average molecular weight is 428 g/mol. The van der Waals surface area contributed by atoms with E-state index in [1.165, 1.54) is 24.3 Å². The van der Waals surface area contributed by atoms with E-state index in [1.807, 2.05) is 0 Å². The van der Waals surface area contributed by atoms with Crippen LogP contribution in [0.15, 0.2) is 72.9 Å². The number of aromatic nitrogens is 1. The number of carbonyl (C=O) groups is 1. The van der Waals surface area contributed by atoms with E-state index in [0.717, 1.165) is 0 Å². The van der Waals surface area contributed by atoms with Crippen molar-refractivity contribution >= 4 is 28.3 Å². The molecular weight excluding hydrogens is 411 g/mol. The number of rotatable bonds is 5. The quantitative estimate of drug-likeness (QED) is 0.406. The maximum Gasteiger partial charge on any atom is 0.323 e. The summed E-state index contributed by atoms with van der Waals surface area (Å²) < 4.78 is 18.9. The zero-order valence-corrected chi connectivity index (χ0v) is 16.7. The number of carbonyl (C=O) groups excluding carboxylic acids is 1. The Morgan fingerprint density at radius 2 is 1.69 bits per heavy atom. The smallest absolute Gasteiger partial charge is 0.323 e. The van der Waals surface area contributed by atoms with Gasteiger partial charge in [0.1, 0.15) is 17.3 Å². The van der Waals surface area contributed by atoms with Crippen LogP contribution < -0.4 is 15.4 Å². The minimum Gasteiger partial charge on any atom is -0.457 e. The number of anilines is 2. The summed E-state index contributed by atoms with van der Waals surface area (Å²) in [5.74, 6) is 0.642. The molecule has 1 aromatic heterocycles. The lowest BCUT2D eigenvalue weighted by atomic mass is 10.0. The molecule has 3 aromatic carbocycles. The second-order valence-electron chi connectivity index (χ2n) is 6.82. The first-order valence-corrected chi connectivity index (χ1v) is 9.60. The van der Waals surface area contributed by atoms with Gasteiger partial charge >= 0.3 is 6.03 Å². The highest BCUT2D eigenvalue weighted by molar-refractivity contribution is 5.99. The Bertz CT molecular complexity index is 1320. The lowest BCUT2D eigenvalue weighted by Gasteiger charge is -2.11. The molecule has 8 heteroatoms. The van der Waals surface area contributed by atoms with Crippen LogP contribution in [0, 0.1) is 17.1 Å². The molecule has 1 heterocycles. The van der Waals surface area contributed by atoms with Crippen LogP contribution in [0.1, 0.15) is 11.1 Å². The summed E-state index contributed by atoms with van der Waals surface area (Å²) in [5, 5.41) is 24.7. The van der Waals surface area contributed by atoms with Gasteiger partial charge in [-0.2, -0.15) is 5.26 Å². The van der Waals surface area contributed by atoms with Gasteiger partial charge in [0, 0.05) is 23.0 Å². The van der Waals surface area contributed by atoms with E-state index in [-0.39, 0.29) is 12.4 Å². The number of pyridine rings is 1. The number of nitrogens with zero attached hydrogens (tertiary/aromatic N) is 2. The molecule has 3 N–H and O–H groups in total. The third kappa shape index (κ3) is 4.64. The first kappa shape index (κ1) is 20.8. The van der Waals surface area contributed by atoms with E-state index in [2.05, 4.69) is 21.7 Å². The molecule has 0 unspecified atom stereocenters. The molecule has 0 atom stereocenters. The number of benzene rings is 3. The van der Waals surface area contributed by atoms with Crippen LogP contribution >= 0.6 is 0 Å². The van der Waals surface area contributed by atoms with Crippen molar-refractivity contribution in [3.8, 4) is 17.6 Å². The molecule has 0 spiro atoms. The number of hydrogen-bond acceptors (Lipinski definition) is 5. The number of aliphatic hydroxyl groups excluding tert-OH is 1. The minimum absolute atomic E-state index is 0.255. The SMILES string of the molecule is N#Cc1cc2c(Oc3ccc(NC(=O)Nc4ccc(F)cc4)cc3)ccnc2cc1CO. The summed E-state index contributed by atoms with van der Waals surface area (Å²) in [6.07, 6.45) is 1.58. The van der Waals surface area contributed by atoms with E-state index in [4.69, 9.17) is 4.74 Å². The van der Waals surface area contributed by atoms with Gasteiger partial charge < -0.3 is 20.5 Å². The largest absolute Gasteiger partial charge is 0.457 e. The van der Waals surface area contributed by atoms with Crippen molar-refractivity contribution in [3.63, 3.8) is 0 Å². The molecule has 0 aliphatic heterocycles. The fourth-order valence-corrected chi connectivity index (χ4v) is 3.09. The molecule has 0 radical (unpaired) electrons. The Kier molecular flexibility index (Phi) is 5.92. The van der Waals surface area contributed by atoms with Gasteiger partial charge in [0.25, 0.3) is 0 Å². The number of aliphatic hydroxyl groups is 1. The standard InChI is InChI=1S/C24H17FN4O3/c25-17-1-3-18(4-2-17)28-24(31)29-19-5-7-20(8-6-19)32-23-9-10-27-22-12-16(14-30)15(13-26)11-21(22)23/h1-12,30H,14H2,(H2,28,29,31). The molecule has 0 saturated carbocycles. The van der Waals surface area contributed by atoms with Gasteiger partial charge in [-0.15, -0.1) is 0 Å². The predicted octanol–water partition coefficient (Wildman–Crippen LogP) is 5.17. The third-order valence-corrected chi connectivity index (χ3v) is 4.66. The van der Waals surface area contributed by atoms with E-state index >= 15 is 0 Å². The number of fused-ring (bicyclic) bond motifs is 1. The van der Waals surface area contributed by atoms with Crippen molar-refractivity contribution < 1.29 is 19.0 Å². The summed E-state index contributed by atoms with van der Waals surface area (Å²) in [4.78, 5) is 16.4. The Labute approximate surface area is 182 Å². The first-order valence-electron chi connectivity index (χ1n) is 9.60. The van der Waals surface area contributed by atoms with Crippen molar-refractivity contribution in [1.82, 2.24) is 4.98 Å². The molecule has 4 aromatic rings. The van der Waals surface area contributed by atoms with Gasteiger partial charge in [-0.3, -0.25) is 4.98 Å². The Hall–Kier alpha value is -4.48. The monoisotopic (exact) mass is 428 g/mol. The number of nitriles is 1. The summed E-state index contributed by atoms with van der Waals surface area (Å²) in [6.45, 7) is -0.255. The van der Waals surface area contributed by atoms with Gasteiger partial charge in [0.05, 0.1) is 23.8 Å². The van der Waals surface area contributed by atoms with Crippen molar-refractivity contribution in [2.75, 3.05) is 10.6 Å². The van der Waals surface area contributed by atoms with Crippen LogP contribution in [0.5, 0.6) is 11.5 Å². The Morgan fingerprint density at radius 3 is 2.31 bits per heavy atom. The molecular formula is C24H17FN4O3. The zero-order chi connectivity index (χ0) is 22.5. The topological polar surface area (TPSA) is 107 Å². The first-order chi connectivity index (χ1) is 15.6. The van der Waals surface area contributed by atoms with E-state index in [1.54, 1.807) is 48.7 Å².